The van der Waals surface area contributed by atoms with Crippen LogP contribution in [0.1, 0.15) is 140 Å². The normalized spacial score (nSPS) is 12.0. The van der Waals surface area contributed by atoms with Crippen molar-refractivity contribution in [2.24, 2.45) is 11.8 Å². The number of carboxylic acid groups (broad SMARTS) is 1. The topological polar surface area (TPSA) is 116 Å². The van der Waals surface area contributed by atoms with Crippen LogP contribution in [0.4, 0.5) is 0 Å². The molecule has 368 valence electrons. The third-order valence-corrected chi connectivity index (χ3v) is 11.9. The van der Waals surface area contributed by atoms with Gasteiger partial charge in [-0.1, -0.05) is 137 Å². The molecule has 0 saturated heterocycles. The minimum atomic E-state index is -0.933. The van der Waals surface area contributed by atoms with Gasteiger partial charge in [0.05, 0.1) is 35.5 Å². The average molecular weight is 986 g/mol. The molecule has 8 nitrogen and oxygen atoms in total. The van der Waals surface area contributed by atoms with Gasteiger partial charge in [-0.3, -0.25) is 9.59 Å². The van der Waals surface area contributed by atoms with Crippen molar-refractivity contribution in [2.45, 2.75) is 105 Å². The summed E-state index contributed by atoms with van der Waals surface area (Å²) in [4.78, 5) is 49.3. The lowest BCUT2D eigenvalue weighted by atomic mass is 9.92. The molecule has 0 heterocycles. The quantitative estimate of drug-likeness (QED) is 0.0406. The fourth-order valence-corrected chi connectivity index (χ4v) is 8.10. The number of benzene rings is 6. The van der Waals surface area contributed by atoms with Crippen molar-refractivity contribution < 1.29 is 38.5 Å². The van der Waals surface area contributed by atoms with Gasteiger partial charge >= 0.3 is 11.9 Å². The molecule has 0 radical (unpaired) electrons. The van der Waals surface area contributed by atoms with E-state index in [1.807, 2.05) is 57.2 Å². The molecule has 0 aromatic heterocycles. The zero-order valence-electron chi connectivity index (χ0n) is 41.5. The fourth-order valence-electron chi connectivity index (χ4n) is 7.75. The molecule has 0 aliphatic heterocycles. The number of hydrogen-bond donors (Lipinski definition) is 1. The Balaban J connectivity index is 0.000000262. The molecule has 0 amide bonds. The number of Topliss-reactive ketones (excluding diaryl/α,β-unsaturated/α-hetero) is 2. The van der Waals surface area contributed by atoms with E-state index in [1.54, 1.807) is 60.7 Å². The van der Waals surface area contributed by atoms with Crippen molar-refractivity contribution in [2.75, 3.05) is 13.2 Å². The third kappa shape index (κ3) is 17.3. The highest BCUT2D eigenvalue weighted by molar-refractivity contribution is 6.31. The minimum absolute atomic E-state index is 0.0339. The van der Waals surface area contributed by atoms with E-state index < -0.39 is 11.6 Å². The summed E-state index contributed by atoms with van der Waals surface area (Å²) in [6.07, 6.45) is 6.32. The van der Waals surface area contributed by atoms with E-state index in [4.69, 9.17) is 42.5 Å². The highest BCUT2D eigenvalue weighted by atomic mass is 35.5. The zero-order valence-corrected chi connectivity index (χ0v) is 43.0. The Kier molecular flexibility index (Phi) is 20.9. The summed E-state index contributed by atoms with van der Waals surface area (Å²) in [5, 5.41) is 10.1. The zero-order chi connectivity index (χ0) is 50.8. The second-order valence-electron chi connectivity index (χ2n) is 18.9. The third-order valence-electron chi connectivity index (χ3n) is 11.5. The van der Waals surface area contributed by atoms with E-state index in [0.29, 0.717) is 64.3 Å². The van der Waals surface area contributed by atoms with E-state index >= 15 is 0 Å². The summed E-state index contributed by atoms with van der Waals surface area (Å²) in [5.74, 6) is 0.345. The number of unbranched alkanes of at least 4 members (excludes halogenated alkanes) is 2. The Morgan fingerprint density at radius 3 is 1.23 bits per heavy atom. The molecule has 1 N–H and O–H groups in total. The lowest BCUT2D eigenvalue weighted by Crippen LogP contribution is -2.23. The number of carbonyl (C=O) groups excluding carboxylic acids is 3. The van der Waals surface area contributed by atoms with Gasteiger partial charge in [0.15, 0.2) is 11.6 Å². The van der Waals surface area contributed by atoms with Gasteiger partial charge in [0.2, 0.25) is 0 Å². The average Bonchev–Trinajstić information content (AvgIpc) is 3.32. The van der Waals surface area contributed by atoms with Crippen molar-refractivity contribution in [1.82, 2.24) is 0 Å². The van der Waals surface area contributed by atoms with Crippen LogP contribution >= 0.6 is 23.2 Å². The molecular weight excluding hydrogens is 920 g/mol. The van der Waals surface area contributed by atoms with Crippen LogP contribution in [0.2, 0.25) is 10.0 Å². The van der Waals surface area contributed by atoms with Crippen molar-refractivity contribution in [3.05, 3.63) is 177 Å². The first kappa shape index (κ1) is 54.7. The van der Waals surface area contributed by atoms with Gasteiger partial charge in [-0.25, -0.2) is 9.59 Å². The molecule has 2 atom stereocenters. The molecule has 0 fully saturated rings. The second-order valence-corrected chi connectivity index (χ2v) is 19.8. The summed E-state index contributed by atoms with van der Waals surface area (Å²) in [5.41, 5.74) is 7.78. The van der Waals surface area contributed by atoms with Gasteiger partial charge in [-0.2, -0.15) is 0 Å². The smallest absolute Gasteiger partial charge is 0.338 e. The molecule has 6 aromatic carbocycles. The maximum atomic E-state index is 13.1. The molecular formula is C60H66Cl2O8. The lowest BCUT2D eigenvalue weighted by molar-refractivity contribution is 0.00690. The molecule has 70 heavy (non-hydrogen) atoms. The van der Waals surface area contributed by atoms with Crippen molar-refractivity contribution in [3.63, 3.8) is 0 Å². The van der Waals surface area contributed by atoms with Gasteiger partial charge in [-0.05, 0) is 152 Å². The van der Waals surface area contributed by atoms with Crippen LogP contribution in [0.15, 0.2) is 133 Å². The number of esters is 1. The van der Waals surface area contributed by atoms with Crippen LogP contribution in [0, 0.1) is 11.8 Å². The molecule has 6 rings (SSSR count). The van der Waals surface area contributed by atoms with E-state index in [9.17, 15) is 19.2 Å². The molecule has 0 saturated carbocycles. The highest BCUT2D eigenvalue weighted by Crippen LogP contribution is 2.30. The summed E-state index contributed by atoms with van der Waals surface area (Å²) < 4.78 is 17.1. The van der Waals surface area contributed by atoms with Crippen LogP contribution in [-0.4, -0.2) is 47.4 Å². The van der Waals surface area contributed by atoms with E-state index in [2.05, 4.69) is 64.1 Å². The first-order valence-corrected chi connectivity index (χ1v) is 24.9. The number of halogens is 2. The second kappa shape index (κ2) is 26.7. The van der Waals surface area contributed by atoms with Gasteiger partial charge in [0.25, 0.3) is 0 Å². The number of rotatable bonds is 22. The van der Waals surface area contributed by atoms with Crippen molar-refractivity contribution in [3.8, 4) is 33.8 Å². The largest absolute Gasteiger partial charge is 0.493 e. The van der Waals surface area contributed by atoms with E-state index in [-0.39, 0.29) is 34.9 Å². The highest BCUT2D eigenvalue weighted by Gasteiger charge is 2.20. The maximum absolute atomic E-state index is 13.1. The van der Waals surface area contributed by atoms with Crippen molar-refractivity contribution >= 4 is 46.7 Å². The Bertz CT molecular complexity index is 2650. The van der Waals surface area contributed by atoms with Crippen LogP contribution in [0.5, 0.6) is 11.5 Å². The summed E-state index contributed by atoms with van der Waals surface area (Å²) >= 11 is 12.3. The van der Waals surface area contributed by atoms with Crippen LogP contribution in [0.25, 0.3) is 22.3 Å². The first-order chi connectivity index (χ1) is 33.4. The van der Waals surface area contributed by atoms with Gasteiger partial charge in [0.1, 0.15) is 17.1 Å². The SMILES string of the molecule is CCCCOc1ccc(Cl)cc1C(=O)CC(C)Cc1ccc(-c2ccc(C(=O)O)cc2)cc1.CCCCOc1ccc(Cl)cc1C(=O)CC(C)Cc1ccc(-c2ccc(C(=O)OC(C)(C)C)cc2)cc1. The maximum Gasteiger partial charge on any atom is 0.338 e. The van der Waals surface area contributed by atoms with Gasteiger partial charge in [-0.15, -0.1) is 0 Å². The number of carbonyl (C=O) groups is 4. The monoisotopic (exact) mass is 984 g/mol. The number of aromatic carboxylic acids is 1. The fraction of sp³-hybridized carbons (Fsp3) is 0.333. The molecule has 0 bridgehead atoms. The lowest BCUT2D eigenvalue weighted by Gasteiger charge is -2.19. The van der Waals surface area contributed by atoms with Crippen LogP contribution in [-0.2, 0) is 17.6 Å². The standard InChI is InChI=1S/C32H37ClO4.C28H29ClO4/c1-6-7-18-36-30-17-16-27(33)21-28(30)29(34)20-22(2)19-23-8-10-24(11-9-23)25-12-14-26(15-13-25)31(35)37-32(3,4)5;1-3-4-15-33-27-14-13-24(29)18-25(27)26(30)17-19(2)16-20-5-7-21(8-6-20)22-9-11-23(12-10-22)28(31)32/h8-17,21-22H,6-7,18-20H2,1-5H3;5-14,18-19H,3-4,15-17H2,1-2H3,(H,31,32). The molecule has 6 aromatic rings. The summed E-state index contributed by atoms with van der Waals surface area (Å²) in [7, 11) is 0. The Morgan fingerprint density at radius 1 is 0.529 bits per heavy atom. The molecule has 0 aliphatic rings. The Hall–Kier alpha value is -6.22. The van der Waals surface area contributed by atoms with E-state index in [1.165, 1.54) is 5.56 Å². The number of ketones is 2. The minimum Gasteiger partial charge on any atom is -0.493 e. The van der Waals surface area contributed by atoms with Gasteiger partial charge < -0.3 is 19.3 Å². The first-order valence-electron chi connectivity index (χ1n) is 24.2. The molecule has 2 unspecified atom stereocenters. The number of carboxylic acids is 1. The number of hydrogen-bond acceptors (Lipinski definition) is 7. The Morgan fingerprint density at radius 2 is 0.886 bits per heavy atom. The number of ether oxygens (including phenoxy) is 3. The summed E-state index contributed by atoms with van der Waals surface area (Å²) in [6, 6.07) is 41.3. The molecule has 0 aliphatic carbocycles. The molecule has 0 spiro atoms. The Labute approximate surface area is 424 Å². The van der Waals surface area contributed by atoms with Gasteiger partial charge in [0, 0.05) is 22.9 Å². The van der Waals surface area contributed by atoms with Crippen molar-refractivity contribution in [1.29, 1.82) is 0 Å². The van der Waals surface area contributed by atoms with Crippen LogP contribution in [0.3, 0.4) is 0 Å². The summed E-state index contributed by atoms with van der Waals surface area (Å²) in [6.45, 7) is 15.1. The molecule has 10 heteroatoms. The van der Waals surface area contributed by atoms with E-state index in [0.717, 1.165) is 66.3 Å². The predicted octanol–water partition coefficient (Wildman–Crippen LogP) is 15.9. The predicted molar refractivity (Wildman–Crippen MR) is 283 cm³/mol. The van der Waals surface area contributed by atoms with Crippen LogP contribution < -0.4 is 9.47 Å².